The van der Waals surface area contributed by atoms with Crippen molar-refractivity contribution < 1.29 is 9.53 Å². The maximum atomic E-state index is 13.8. The quantitative estimate of drug-likeness (QED) is 0.721. The van der Waals surface area contributed by atoms with Gasteiger partial charge in [0, 0.05) is 23.0 Å². The molecule has 1 saturated heterocycles. The minimum Gasteiger partial charge on any atom is -0.381 e. The number of methoxy groups -OCH3 is 1. The Bertz CT molecular complexity index is 801. The van der Waals surface area contributed by atoms with Crippen molar-refractivity contribution in [1.29, 1.82) is 0 Å². The van der Waals surface area contributed by atoms with Crippen LogP contribution in [-0.4, -0.2) is 35.2 Å². The molecule has 1 N–H and O–H groups in total. The Morgan fingerprint density at radius 2 is 2.00 bits per heavy atom. The molecule has 0 aromatic heterocycles. The Kier molecular flexibility index (Phi) is 3.80. The minimum atomic E-state index is -0.704. The zero-order chi connectivity index (χ0) is 18.1. The fraction of sp³-hybridized carbons (Fsp3) is 0.600. The summed E-state index contributed by atoms with van der Waals surface area (Å²) in [5, 5.41) is 4.20. The number of carbonyl (C=O) groups excluding carboxylic acids is 1. The third kappa shape index (κ3) is 2.15. The largest absolute Gasteiger partial charge is 0.381 e. The first kappa shape index (κ1) is 17.1. The van der Waals surface area contributed by atoms with Crippen molar-refractivity contribution in [2.24, 2.45) is 5.41 Å². The summed E-state index contributed by atoms with van der Waals surface area (Å²) in [6, 6.07) is 6.69. The van der Waals surface area contributed by atoms with Gasteiger partial charge in [-0.15, -0.1) is 0 Å². The average Bonchev–Trinajstić information content (AvgIpc) is 3.38. The maximum Gasteiger partial charge on any atom is 0.260 e. The first-order chi connectivity index (χ1) is 12.5. The van der Waals surface area contributed by atoms with Crippen molar-refractivity contribution in [2.45, 2.75) is 62.6 Å². The second-order valence-electron chi connectivity index (χ2n) is 8.28. The van der Waals surface area contributed by atoms with E-state index in [0.717, 1.165) is 55.0 Å². The van der Waals surface area contributed by atoms with Crippen LogP contribution in [0.2, 0.25) is 0 Å². The number of fused-ring (bicyclic) bond motifs is 3. The molecule has 4 aliphatic rings. The van der Waals surface area contributed by atoms with E-state index in [1.54, 1.807) is 7.11 Å². The predicted molar refractivity (Wildman–Crippen MR) is 107 cm³/mol. The van der Waals surface area contributed by atoms with Crippen LogP contribution in [0.25, 0.3) is 0 Å². The number of thiocarbonyl (C=S) groups is 1. The van der Waals surface area contributed by atoms with Gasteiger partial charge in [-0.1, -0.05) is 22.0 Å². The summed E-state index contributed by atoms with van der Waals surface area (Å²) in [4.78, 5) is 15.7. The van der Waals surface area contributed by atoms with Crippen molar-refractivity contribution in [1.82, 2.24) is 10.2 Å². The third-order valence-electron chi connectivity index (χ3n) is 6.99. The molecule has 6 heteroatoms. The van der Waals surface area contributed by atoms with E-state index in [1.807, 2.05) is 4.90 Å². The Balaban J connectivity index is 1.65. The Morgan fingerprint density at radius 3 is 2.65 bits per heavy atom. The summed E-state index contributed by atoms with van der Waals surface area (Å²) in [6.45, 7) is 0. The van der Waals surface area contributed by atoms with Crippen LogP contribution in [0.1, 0.15) is 49.7 Å². The number of hydrogen-bond donors (Lipinski definition) is 1. The molecular formula is C20H23BrN2O2S. The molecule has 3 aliphatic carbocycles. The lowest BCUT2D eigenvalue weighted by molar-refractivity contribution is -0.138. The van der Waals surface area contributed by atoms with E-state index in [9.17, 15) is 4.79 Å². The monoisotopic (exact) mass is 434 g/mol. The molecule has 1 amide bonds. The molecule has 1 unspecified atom stereocenters. The van der Waals surface area contributed by atoms with Gasteiger partial charge in [0.15, 0.2) is 10.7 Å². The molecule has 1 aliphatic heterocycles. The van der Waals surface area contributed by atoms with Gasteiger partial charge in [-0.25, -0.2) is 0 Å². The summed E-state index contributed by atoms with van der Waals surface area (Å²) in [5.74, 6) is 0.178. The smallest absolute Gasteiger partial charge is 0.260 e. The lowest BCUT2D eigenvalue weighted by Crippen LogP contribution is -2.56. The molecule has 2 saturated carbocycles. The van der Waals surface area contributed by atoms with Gasteiger partial charge in [0.1, 0.15) is 0 Å². The Morgan fingerprint density at radius 1 is 1.27 bits per heavy atom. The third-order valence-corrected chi connectivity index (χ3v) is 7.78. The van der Waals surface area contributed by atoms with Crippen molar-refractivity contribution in [2.75, 3.05) is 7.11 Å². The van der Waals surface area contributed by atoms with Crippen LogP contribution in [-0.2, 0) is 21.5 Å². The van der Waals surface area contributed by atoms with Crippen molar-refractivity contribution in [3.63, 3.8) is 0 Å². The van der Waals surface area contributed by atoms with Crippen LogP contribution in [0.4, 0.5) is 0 Å². The number of amides is 1. The Labute approximate surface area is 167 Å². The first-order valence-electron chi connectivity index (χ1n) is 9.48. The lowest BCUT2D eigenvalue weighted by atomic mass is 9.61. The first-order valence-corrected chi connectivity index (χ1v) is 10.7. The molecule has 3 fully saturated rings. The van der Waals surface area contributed by atoms with E-state index < -0.39 is 5.54 Å². The molecule has 26 heavy (non-hydrogen) atoms. The summed E-state index contributed by atoms with van der Waals surface area (Å²) >= 11 is 9.28. The molecule has 1 aromatic carbocycles. The number of nitrogens with one attached hydrogen (secondary N) is 1. The molecule has 1 atom stereocenters. The second kappa shape index (κ2) is 5.76. The summed E-state index contributed by atoms with van der Waals surface area (Å²) in [7, 11) is 1.79. The summed E-state index contributed by atoms with van der Waals surface area (Å²) in [6.07, 6.45) is 7.33. The van der Waals surface area contributed by atoms with Gasteiger partial charge in [-0.2, -0.15) is 0 Å². The van der Waals surface area contributed by atoms with E-state index in [0.29, 0.717) is 17.3 Å². The SMILES string of the molecule is COC1CCC2(CC1)Cc1ccc(Br)cc1C21NC(=S)N(C2CC2)C1=O. The van der Waals surface area contributed by atoms with Gasteiger partial charge in [0.2, 0.25) is 0 Å². The summed E-state index contributed by atoms with van der Waals surface area (Å²) < 4.78 is 6.63. The molecule has 4 nitrogen and oxygen atoms in total. The number of nitrogens with zero attached hydrogens (tertiary/aromatic N) is 1. The van der Waals surface area contributed by atoms with Gasteiger partial charge in [-0.3, -0.25) is 9.69 Å². The number of ether oxygens (including phenoxy) is 1. The average molecular weight is 435 g/mol. The molecular weight excluding hydrogens is 412 g/mol. The highest BCUT2D eigenvalue weighted by molar-refractivity contribution is 9.10. The van der Waals surface area contributed by atoms with Crippen LogP contribution in [0.15, 0.2) is 22.7 Å². The zero-order valence-corrected chi connectivity index (χ0v) is 17.3. The predicted octanol–water partition coefficient (Wildman–Crippen LogP) is 3.66. The van der Waals surface area contributed by atoms with Gasteiger partial charge < -0.3 is 10.1 Å². The highest BCUT2D eigenvalue weighted by Crippen LogP contribution is 2.60. The molecule has 2 spiro atoms. The van der Waals surface area contributed by atoms with Crippen LogP contribution < -0.4 is 5.32 Å². The van der Waals surface area contributed by atoms with Crippen LogP contribution in [0.3, 0.4) is 0 Å². The van der Waals surface area contributed by atoms with E-state index in [1.165, 1.54) is 5.56 Å². The van der Waals surface area contributed by atoms with E-state index >= 15 is 0 Å². The highest BCUT2D eigenvalue weighted by atomic mass is 79.9. The van der Waals surface area contributed by atoms with E-state index in [-0.39, 0.29) is 11.3 Å². The molecule has 0 radical (unpaired) electrons. The van der Waals surface area contributed by atoms with Crippen LogP contribution in [0, 0.1) is 5.41 Å². The normalized spacial score (nSPS) is 36.1. The lowest BCUT2D eigenvalue weighted by Gasteiger charge is -2.46. The van der Waals surface area contributed by atoms with Gasteiger partial charge in [-0.05, 0) is 80.4 Å². The Hall–Kier alpha value is -0.980. The van der Waals surface area contributed by atoms with Crippen LogP contribution in [0.5, 0.6) is 0 Å². The molecule has 1 heterocycles. The summed E-state index contributed by atoms with van der Waals surface area (Å²) in [5.41, 5.74) is 1.59. The molecule has 138 valence electrons. The second-order valence-corrected chi connectivity index (χ2v) is 9.58. The minimum absolute atomic E-state index is 0.115. The number of hydrogen-bond acceptors (Lipinski definition) is 3. The number of benzene rings is 1. The van der Waals surface area contributed by atoms with Gasteiger partial charge in [0.05, 0.1) is 6.10 Å². The van der Waals surface area contributed by atoms with Crippen molar-refractivity contribution in [3.05, 3.63) is 33.8 Å². The molecule has 1 aromatic rings. The van der Waals surface area contributed by atoms with Gasteiger partial charge in [0.25, 0.3) is 5.91 Å². The number of rotatable bonds is 2. The topological polar surface area (TPSA) is 41.6 Å². The fourth-order valence-corrected chi connectivity index (χ4v) is 6.27. The fourth-order valence-electron chi connectivity index (χ4n) is 5.52. The van der Waals surface area contributed by atoms with E-state index in [2.05, 4.69) is 39.4 Å². The maximum absolute atomic E-state index is 13.8. The van der Waals surface area contributed by atoms with Gasteiger partial charge >= 0.3 is 0 Å². The number of carbonyl (C=O) groups is 1. The van der Waals surface area contributed by atoms with E-state index in [4.69, 9.17) is 17.0 Å². The zero-order valence-electron chi connectivity index (χ0n) is 14.9. The van der Waals surface area contributed by atoms with Crippen molar-refractivity contribution in [3.8, 4) is 0 Å². The molecule has 5 rings (SSSR count). The van der Waals surface area contributed by atoms with Crippen molar-refractivity contribution >= 4 is 39.2 Å². The standard InChI is InChI=1S/C20H23BrN2O2S/c1-25-15-6-8-19(9-7-15)11-12-2-3-13(21)10-16(12)20(19)17(24)23(14-4-5-14)18(26)22-20/h2-3,10,14-15H,4-9,11H2,1H3,(H,22,26). The number of halogens is 1. The van der Waals surface area contributed by atoms with Crippen LogP contribution >= 0.6 is 28.1 Å². The highest BCUT2D eigenvalue weighted by Gasteiger charge is 2.68. The molecule has 0 bridgehead atoms.